The van der Waals surface area contributed by atoms with E-state index in [1.165, 1.54) is 4.90 Å². The van der Waals surface area contributed by atoms with Gasteiger partial charge in [0.05, 0.1) is 5.69 Å². The second-order valence-electron chi connectivity index (χ2n) is 9.92. The van der Waals surface area contributed by atoms with Gasteiger partial charge in [0.25, 0.3) is 11.8 Å². The van der Waals surface area contributed by atoms with Crippen molar-refractivity contribution in [1.29, 1.82) is 0 Å². The molecule has 0 aromatic heterocycles. The standard InChI is InChI=1S/C29H27ClF2N2O3/c1-17-6-9-19(30)14-22(17)27(35)33-21-11-7-18(8-12-21)16-34-26-5-3-2-4-23(26)29(37,28(34)36)24-15-20(31)10-13-25(24)32/h2-6,9-10,13-15,18,21,37H,7-8,11-12,16H2,1H3,(H,33,35). The van der Waals surface area contributed by atoms with Crippen LogP contribution >= 0.6 is 11.6 Å². The van der Waals surface area contributed by atoms with E-state index in [2.05, 4.69) is 5.32 Å². The zero-order chi connectivity index (χ0) is 26.3. The highest BCUT2D eigenvalue weighted by atomic mass is 35.5. The Labute approximate surface area is 219 Å². The Morgan fingerprint density at radius 3 is 2.54 bits per heavy atom. The van der Waals surface area contributed by atoms with Crippen molar-refractivity contribution in [3.63, 3.8) is 0 Å². The Balaban J connectivity index is 1.29. The molecule has 8 heteroatoms. The van der Waals surface area contributed by atoms with Crippen LogP contribution < -0.4 is 10.2 Å². The number of aliphatic hydroxyl groups is 1. The van der Waals surface area contributed by atoms with Gasteiger partial charge in [0.2, 0.25) is 0 Å². The molecule has 0 saturated heterocycles. The lowest BCUT2D eigenvalue weighted by Crippen LogP contribution is -2.45. The molecule has 3 aromatic rings. The van der Waals surface area contributed by atoms with Crippen LogP contribution in [0.3, 0.4) is 0 Å². The molecule has 2 amide bonds. The Morgan fingerprint density at radius 2 is 1.78 bits per heavy atom. The Kier molecular flexibility index (Phi) is 6.77. The van der Waals surface area contributed by atoms with Crippen LogP contribution in [-0.2, 0) is 10.4 Å². The largest absolute Gasteiger partial charge is 0.372 e. The van der Waals surface area contributed by atoms with E-state index in [4.69, 9.17) is 11.6 Å². The highest BCUT2D eigenvalue weighted by Crippen LogP contribution is 2.46. The van der Waals surface area contributed by atoms with Crippen molar-refractivity contribution in [3.8, 4) is 0 Å². The average Bonchev–Trinajstić information content (AvgIpc) is 3.10. The summed E-state index contributed by atoms with van der Waals surface area (Å²) in [6.07, 6.45) is 3.00. The number of nitrogens with zero attached hydrogens (tertiary/aromatic N) is 1. The van der Waals surface area contributed by atoms with Crippen LogP contribution in [0.25, 0.3) is 0 Å². The van der Waals surface area contributed by atoms with Crippen molar-refractivity contribution in [2.45, 2.75) is 44.2 Å². The zero-order valence-corrected chi connectivity index (χ0v) is 21.1. The Bertz CT molecular complexity index is 1370. The van der Waals surface area contributed by atoms with E-state index in [0.29, 0.717) is 22.8 Å². The SMILES string of the molecule is Cc1ccc(Cl)cc1C(=O)NC1CCC(CN2C(=O)C(O)(c3cc(F)ccc3F)c3ccccc32)CC1. The molecule has 0 spiro atoms. The molecular weight excluding hydrogens is 498 g/mol. The number of rotatable bonds is 5. The Hall–Kier alpha value is -3.29. The van der Waals surface area contributed by atoms with Crippen LogP contribution in [0.5, 0.6) is 0 Å². The summed E-state index contributed by atoms with van der Waals surface area (Å²) in [5.74, 6) is -2.31. The number of fused-ring (bicyclic) bond motifs is 1. The highest BCUT2D eigenvalue weighted by molar-refractivity contribution is 6.31. The molecule has 0 radical (unpaired) electrons. The number of carbonyl (C=O) groups excluding carboxylic acids is 2. The molecule has 5 rings (SSSR count). The van der Waals surface area contributed by atoms with Crippen molar-refractivity contribution in [3.05, 3.63) is 99.6 Å². The van der Waals surface area contributed by atoms with Gasteiger partial charge in [0.1, 0.15) is 11.6 Å². The number of nitrogens with one attached hydrogen (secondary N) is 1. The summed E-state index contributed by atoms with van der Waals surface area (Å²) < 4.78 is 28.7. The van der Waals surface area contributed by atoms with E-state index in [1.54, 1.807) is 36.4 Å². The second-order valence-corrected chi connectivity index (χ2v) is 10.4. The summed E-state index contributed by atoms with van der Waals surface area (Å²) in [4.78, 5) is 27.8. The summed E-state index contributed by atoms with van der Waals surface area (Å²) in [7, 11) is 0. The first-order chi connectivity index (χ1) is 17.7. The van der Waals surface area contributed by atoms with Gasteiger partial charge in [0, 0.05) is 34.3 Å². The smallest absolute Gasteiger partial charge is 0.268 e. The Morgan fingerprint density at radius 1 is 1.05 bits per heavy atom. The van der Waals surface area contributed by atoms with E-state index >= 15 is 0 Å². The fourth-order valence-electron chi connectivity index (χ4n) is 5.50. The fraction of sp³-hybridized carbons (Fsp3) is 0.310. The third-order valence-corrected chi connectivity index (χ3v) is 7.76. The number of halogens is 3. The van der Waals surface area contributed by atoms with Crippen LogP contribution in [0.15, 0.2) is 60.7 Å². The van der Waals surface area contributed by atoms with Gasteiger partial charge in [-0.15, -0.1) is 0 Å². The molecule has 1 aliphatic carbocycles. The summed E-state index contributed by atoms with van der Waals surface area (Å²) in [5.41, 5.74) is -0.562. The zero-order valence-electron chi connectivity index (χ0n) is 20.3. The molecule has 1 atom stereocenters. The average molecular weight is 525 g/mol. The van der Waals surface area contributed by atoms with E-state index in [0.717, 1.165) is 49.4 Å². The van der Waals surface area contributed by atoms with Gasteiger partial charge < -0.3 is 15.3 Å². The molecule has 1 heterocycles. The number of carbonyl (C=O) groups is 2. The second kappa shape index (κ2) is 9.88. The van der Waals surface area contributed by atoms with Gasteiger partial charge in [-0.2, -0.15) is 0 Å². The molecule has 3 aromatic carbocycles. The van der Waals surface area contributed by atoms with Gasteiger partial charge in [0.15, 0.2) is 5.60 Å². The van der Waals surface area contributed by atoms with Crippen molar-refractivity contribution >= 4 is 29.1 Å². The minimum Gasteiger partial charge on any atom is -0.372 e. The lowest BCUT2D eigenvalue weighted by atomic mass is 9.85. The molecule has 1 unspecified atom stereocenters. The molecule has 37 heavy (non-hydrogen) atoms. The van der Waals surface area contributed by atoms with Crippen molar-refractivity contribution in [1.82, 2.24) is 5.32 Å². The number of benzene rings is 3. The number of hydrogen-bond acceptors (Lipinski definition) is 3. The van der Waals surface area contributed by atoms with Gasteiger partial charge in [-0.3, -0.25) is 9.59 Å². The maximum Gasteiger partial charge on any atom is 0.268 e. The number of amides is 2. The molecule has 192 valence electrons. The van der Waals surface area contributed by atoms with Crippen molar-refractivity contribution < 1.29 is 23.5 Å². The van der Waals surface area contributed by atoms with Gasteiger partial charge in [-0.25, -0.2) is 8.78 Å². The topological polar surface area (TPSA) is 69.6 Å². The maximum absolute atomic E-state index is 14.7. The quantitative estimate of drug-likeness (QED) is 0.463. The number of aryl methyl sites for hydroxylation is 1. The number of anilines is 1. The van der Waals surface area contributed by atoms with Crippen LogP contribution in [0.2, 0.25) is 5.02 Å². The van der Waals surface area contributed by atoms with Crippen LogP contribution in [-0.4, -0.2) is 29.5 Å². The molecule has 1 aliphatic heterocycles. The summed E-state index contributed by atoms with van der Waals surface area (Å²) in [5, 5.41) is 15.1. The van der Waals surface area contributed by atoms with Crippen LogP contribution in [0, 0.1) is 24.5 Å². The first kappa shape index (κ1) is 25.4. The van der Waals surface area contributed by atoms with Gasteiger partial charge >= 0.3 is 0 Å². The molecular formula is C29H27ClF2N2O3. The molecule has 2 N–H and O–H groups in total. The van der Waals surface area contributed by atoms with Crippen molar-refractivity contribution in [2.75, 3.05) is 11.4 Å². The van der Waals surface area contributed by atoms with Gasteiger partial charge in [-0.1, -0.05) is 35.9 Å². The van der Waals surface area contributed by atoms with Crippen LogP contribution in [0.4, 0.5) is 14.5 Å². The third kappa shape index (κ3) is 4.62. The third-order valence-electron chi connectivity index (χ3n) is 7.52. The lowest BCUT2D eigenvalue weighted by Gasteiger charge is -2.32. The van der Waals surface area contributed by atoms with Gasteiger partial charge in [-0.05, 0) is 80.5 Å². The minimum atomic E-state index is -2.30. The van der Waals surface area contributed by atoms with E-state index in [-0.39, 0.29) is 23.4 Å². The predicted molar refractivity (Wildman–Crippen MR) is 138 cm³/mol. The van der Waals surface area contributed by atoms with Crippen molar-refractivity contribution in [2.24, 2.45) is 5.92 Å². The fourth-order valence-corrected chi connectivity index (χ4v) is 5.67. The summed E-state index contributed by atoms with van der Waals surface area (Å²) in [6.45, 7) is 2.20. The van der Waals surface area contributed by atoms with E-state index < -0.39 is 28.7 Å². The molecule has 1 fully saturated rings. The number of hydrogen-bond donors (Lipinski definition) is 2. The summed E-state index contributed by atoms with van der Waals surface area (Å²) >= 11 is 6.06. The van der Waals surface area contributed by atoms with E-state index in [1.807, 2.05) is 13.0 Å². The summed E-state index contributed by atoms with van der Waals surface area (Å²) in [6, 6.07) is 14.7. The monoisotopic (exact) mass is 524 g/mol. The highest BCUT2D eigenvalue weighted by Gasteiger charge is 2.52. The van der Waals surface area contributed by atoms with E-state index in [9.17, 15) is 23.5 Å². The molecule has 5 nitrogen and oxygen atoms in total. The number of para-hydroxylation sites is 1. The first-order valence-corrected chi connectivity index (χ1v) is 12.7. The van der Waals surface area contributed by atoms with Crippen LogP contribution in [0.1, 0.15) is 52.7 Å². The first-order valence-electron chi connectivity index (χ1n) is 12.3. The lowest BCUT2D eigenvalue weighted by molar-refractivity contribution is -0.132. The molecule has 0 bridgehead atoms. The predicted octanol–water partition coefficient (Wildman–Crippen LogP) is 5.50. The minimum absolute atomic E-state index is 0.00187. The molecule has 2 aliphatic rings. The molecule has 1 saturated carbocycles. The maximum atomic E-state index is 14.7. The normalized spacial score (nSPS) is 23.2.